The minimum absolute atomic E-state index is 0.211. The Labute approximate surface area is 107 Å². The molecule has 4 N–H and O–H groups in total. The van der Waals surface area contributed by atoms with Crippen molar-refractivity contribution >= 4 is 17.5 Å². The molecule has 0 fully saturated rings. The lowest BCUT2D eigenvalue weighted by Crippen LogP contribution is -2.44. The monoisotopic (exact) mass is 249 g/mol. The zero-order chi connectivity index (χ0) is 13.7. The normalized spacial score (nSPS) is 11.7. The summed E-state index contributed by atoms with van der Waals surface area (Å²) in [7, 11) is 0. The number of likely N-dealkylation sites (N-methyl/N-ethyl adjacent to an activating group) is 1. The van der Waals surface area contributed by atoms with Crippen LogP contribution in [0, 0.1) is 6.92 Å². The Bertz CT molecular complexity index is 458. The van der Waals surface area contributed by atoms with Gasteiger partial charge in [0.2, 0.25) is 5.91 Å². The third kappa shape index (κ3) is 3.48. The second-order valence-electron chi connectivity index (χ2n) is 4.18. The van der Waals surface area contributed by atoms with Gasteiger partial charge >= 0.3 is 0 Å². The van der Waals surface area contributed by atoms with Crippen molar-refractivity contribution in [3.63, 3.8) is 0 Å². The first-order chi connectivity index (χ1) is 8.45. The molecule has 0 saturated carbocycles. The van der Waals surface area contributed by atoms with E-state index >= 15 is 0 Å². The molecule has 2 amide bonds. The molecule has 5 nitrogen and oxygen atoms in total. The number of rotatable bonds is 4. The van der Waals surface area contributed by atoms with Crippen LogP contribution in [-0.2, 0) is 4.79 Å². The van der Waals surface area contributed by atoms with Gasteiger partial charge in [0.15, 0.2) is 0 Å². The van der Waals surface area contributed by atoms with Crippen LogP contribution in [0.1, 0.15) is 29.8 Å². The molecule has 0 aliphatic carbocycles. The van der Waals surface area contributed by atoms with E-state index in [0.717, 1.165) is 5.56 Å². The van der Waals surface area contributed by atoms with Gasteiger partial charge in [-0.05, 0) is 32.9 Å². The summed E-state index contributed by atoms with van der Waals surface area (Å²) in [5.74, 6) is -0.549. The highest BCUT2D eigenvalue weighted by molar-refractivity contribution is 6.01. The van der Waals surface area contributed by atoms with E-state index in [-0.39, 0.29) is 11.8 Å². The molecule has 1 aromatic carbocycles. The maximum atomic E-state index is 12.0. The van der Waals surface area contributed by atoms with Crippen molar-refractivity contribution in [2.24, 2.45) is 0 Å². The molecule has 1 rings (SSSR count). The first-order valence-electron chi connectivity index (χ1n) is 5.90. The lowest BCUT2D eigenvalue weighted by atomic mass is 10.1. The maximum absolute atomic E-state index is 12.0. The molecule has 0 spiro atoms. The molecule has 0 aromatic heterocycles. The second kappa shape index (κ2) is 6.05. The fraction of sp³-hybridized carbons (Fsp3) is 0.385. The van der Waals surface area contributed by atoms with E-state index in [9.17, 15) is 9.59 Å². The van der Waals surface area contributed by atoms with Crippen LogP contribution in [0.15, 0.2) is 18.2 Å². The van der Waals surface area contributed by atoms with Crippen LogP contribution in [0.3, 0.4) is 0 Å². The van der Waals surface area contributed by atoms with Gasteiger partial charge in [-0.15, -0.1) is 0 Å². The number of carbonyl (C=O) groups is 2. The maximum Gasteiger partial charge on any atom is 0.254 e. The van der Waals surface area contributed by atoms with Gasteiger partial charge in [0.05, 0.1) is 5.56 Å². The van der Waals surface area contributed by atoms with E-state index in [1.807, 2.05) is 19.9 Å². The summed E-state index contributed by atoms with van der Waals surface area (Å²) < 4.78 is 0. The van der Waals surface area contributed by atoms with Crippen molar-refractivity contribution in [3.8, 4) is 0 Å². The molecule has 0 saturated heterocycles. The topological polar surface area (TPSA) is 84.2 Å². The number of nitrogens with one attached hydrogen (secondary N) is 2. The van der Waals surface area contributed by atoms with Crippen molar-refractivity contribution in [3.05, 3.63) is 29.3 Å². The Balaban J connectivity index is 2.76. The first kappa shape index (κ1) is 14.0. The molecular weight excluding hydrogens is 230 g/mol. The molecule has 98 valence electrons. The van der Waals surface area contributed by atoms with Gasteiger partial charge < -0.3 is 16.4 Å². The van der Waals surface area contributed by atoms with Gasteiger partial charge in [-0.2, -0.15) is 0 Å². The summed E-state index contributed by atoms with van der Waals surface area (Å²) >= 11 is 0. The van der Waals surface area contributed by atoms with Gasteiger partial charge in [-0.25, -0.2) is 0 Å². The number of amides is 2. The molecule has 0 aliphatic heterocycles. The van der Waals surface area contributed by atoms with Crippen LogP contribution < -0.4 is 16.4 Å². The fourth-order valence-corrected chi connectivity index (χ4v) is 1.53. The van der Waals surface area contributed by atoms with Crippen molar-refractivity contribution in [1.29, 1.82) is 0 Å². The summed E-state index contributed by atoms with van der Waals surface area (Å²) in [5, 5.41) is 5.26. The largest absolute Gasteiger partial charge is 0.398 e. The number of carbonyl (C=O) groups excluding carboxylic acids is 2. The number of aryl methyl sites for hydroxylation is 1. The van der Waals surface area contributed by atoms with Crippen molar-refractivity contribution in [2.75, 3.05) is 12.3 Å². The third-order valence-corrected chi connectivity index (χ3v) is 2.55. The van der Waals surface area contributed by atoms with E-state index < -0.39 is 6.04 Å². The molecule has 0 aliphatic rings. The molecule has 1 aromatic rings. The molecular formula is C13H19N3O2. The first-order valence-corrected chi connectivity index (χ1v) is 5.90. The average molecular weight is 249 g/mol. The number of hydrogen-bond acceptors (Lipinski definition) is 3. The zero-order valence-corrected chi connectivity index (χ0v) is 10.9. The third-order valence-electron chi connectivity index (χ3n) is 2.55. The van der Waals surface area contributed by atoms with Gasteiger partial charge in [0.25, 0.3) is 5.91 Å². The second-order valence-corrected chi connectivity index (χ2v) is 4.18. The van der Waals surface area contributed by atoms with Gasteiger partial charge in [0.1, 0.15) is 6.04 Å². The minimum atomic E-state index is -0.586. The summed E-state index contributed by atoms with van der Waals surface area (Å²) in [6.45, 7) is 5.87. The summed E-state index contributed by atoms with van der Waals surface area (Å²) in [5.41, 5.74) is 7.48. The molecule has 0 radical (unpaired) electrons. The SMILES string of the molecule is CCNC(=O)C(C)NC(=O)c1cc(C)ccc1N. The van der Waals surface area contributed by atoms with Crippen molar-refractivity contribution in [1.82, 2.24) is 10.6 Å². The summed E-state index contributed by atoms with van der Waals surface area (Å²) in [6.07, 6.45) is 0. The van der Waals surface area contributed by atoms with E-state index in [1.165, 1.54) is 0 Å². The van der Waals surface area contributed by atoms with Crippen LogP contribution in [0.5, 0.6) is 0 Å². The molecule has 5 heteroatoms. The predicted octanol–water partition coefficient (Wildman–Crippen LogP) is 0.832. The fourth-order valence-electron chi connectivity index (χ4n) is 1.53. The Morgan fingerprint density at radius 3 is 2.67 bits per heavy atom. The Hall–Kier alpha value is -2.04. The summed E-state index contributed by atoms with van der Waals surface area (Å²) in [4.78, 5) is 23.5. The summed E-state index contributed by atoms with van der Waals surface area (Å²) in [6, 6.07) is 4.63. The lowest BCUT2D eigenvalue weighted by Gasteiger charge is -2.14. The minimum Gasteiger partial charge on any atom is -0.398 e. The highest BCUT2D eigenvalue weighted by atomic mass is 16.2. The molecule has 0 bridgehead atoms. The van der Waals surface area contributed by atoms with Gasteiger partial charge in [-0.1, -0.05) is 11.6 Å². The number of hydrogen-bond donors (Lipinski definition) is 3. The number of nitrogens with two attached hydrogens (primary N) is 1. The number of benzene rings is 1. The van der Waals surface area contributed by atoms with Crippen molar-refractivity contribution in [2.45, 2.75) is 26.8 Å². The predicted molar refractivity (Wildman–Crippen MR) is 71.2 cm³/mol. The molecule has 1 unspecified atom stereocenters. The molecule has 1 atom stereocenters. The standard InChI is InChI=1S/C13H19N3O2/c1-4-15-12(17)9(3)16-13(18)10-7-8(2)5-6-11(10)14/h5-7,9H,4,14H2,1-3H3,(H,15,17)(H,16,18). The van der Waals surface area contributed by atoms with Crippen LogP contribution >= 0.6 is 0 Å². The molecule has 18 heavy (non-hydrogen) atoms. The quantitative estimate of drug-likeness (QED) is 0.691. The van der Waals surface area contributed by atoms with E-state index in [1.54, 1.807) is 19.1 Å². The smallest absolute Gasteiger partial charge is 0.254 e. The van der Waals surface area contributed by atoms with Gasteiger partial charge in [0, 0.05) is 12.2 Å². The van der Waals surface area contributed by atoms with Crippen LogP contribution in [0.25, 0.3) is 0 Å². The highest BCUT2D eigenvalue weighted by Crippen LogP contribution is 2.13. The van der Waals surface area contributed by atoms with E-state index in [4.69, 9.17) is 5.73 Å². The van der Waals surface area contributed by atoms with E-state index in [2.05, 4.69) is 10.6 Å². The number of nitrogen functional groups attached to an aromatic ring is 1. The van der Waals surface area contributed by atoms with Crippen LogP contribution in [-0.4, -0.2) is 24.4 Å². The average Bonchev–Trinajstić information content (AvgIpc) is 2.32. The molecule has 0 heterocycles. The Morgan fingerprint density at radius 2 is 2.06 bits per heavy atom. The Morgan fingerprint density at radius 1 is 1.39 bits per heavy atom. The van der Waals surface area contributed by atoms with Gasteiger partial charge in [-0.3, -0.25) is 9.59 Å². The Kier molecular flexibility index (Phi) is 4.71. The number of anilines is 1. The van der Waals surface area contributed by atoms with Crippen LogP contribution in [0.2, 0.25) is 0 Å². The highest BCUT2D eigenvalue weighted by Gasteiger charge is 2.17. The lowest BCUT2D eigenvalue weighted by molar-refractivity contribution is -0.122. The van der Waals surface area contributed by atoms with E-state index in [0.29, 0.717) is 17.8 Å². The van der Waals surface area contributed by atoms with Crippen molar-refractivity contribution < 1.29 is 9.59 Å². The van der Waals surface area contributed by atoms with Crippen LogP contribution in [0.4, 0.5) is 5.69 Å². The zero-order valence-electron chi connectivity index (χ0n) is 10.9.